The molecule has 0 amide bonds. The van der Waals surface area contributed by atoms with Crippen LogP contribution in [0.4, 0.5) is 5.69 Å². The lowest BCUT2D eigenvalue weighted by Crippen LogP contribution is -2.24. The van der Waals surface area contributed by atoms with Crippen LogP contribution in [0.5, 0.6) is 11.5 Å². The summed E-state index contributed by atoms with van der Waals surface area (Å²) >= 11 is 6.05. The molecule has 0 bridgehead atoms. The first-order chi connectivity index (χ1) is 14.2. The number of aliphatic hydroxyl groups is 1. The second kappa shape index (κ2) is 10.5. The highest BCUT2D eigenvalue weighted by atomic mass is 35.5. The van der Waals surface area contributed by atoms with E-state index in [1.54, 1.807) is 25.1 Å². The maximum atomic E-state index is 12.7. The van der Waals surface area contributed by atoms with Crippen molar-refractivity contribution in [2.24, 2.45) is 0 Å². The molecule has 10 heteroatoms. The molecule has 2 aromatic rings. The molecule has 0 fully saturated rings. The van der Waals surface area contributed by atoms with Gasteiger partial charge < -0.3 is 24.6 Å². The van der Waals surface area contributed by atoms with Crippen LogP contribution in [0.2, 0.25) is 5.02 Å². The largest absolute Gasteiger partial charge is 0.497 e. The maximum absolute atomic E-state index is 12.7. The van der Waals surface area contributed by atoms with Gasteiger partial charge in [-0.1, -0.05) is 17.7 Å². The van der Waals surface area contributed by atoms with Crippen LogP contribution in [0.3, 0.4) is 0 Å². The molecule has 1 atom stereocenters. The fraction of sp³-hybridized carbons (Fsp3) is 0.350. The highest BCUT2D eigenvalue weighted by Gasteiger charge is 2.26. The van der Waals surface area contributed by atoms with Crippen molar-refractivity contribution in [3.63, 3.8) is 0 Å². The first kappa shape index (κ1) is 23.8. The van der Waals surface area contributed by atoms with E-state index in [-0.39, 0.29) is 30.5 Å². The lowest BCUT2D eigenvalue weighted by molar-refractivity contribution is -0.144. The molecule has 0 aromatic heterocycles. The van der Waals surface area contributed by atoms with Gasteiger partial charge in [0.15, 0.2) is 15.9 Å². The summed E-state index contributed by atoms with van der Waals surface area (Å²) < 4.78 is 40.0. The molecule has 0 spiro atoms. The number of sulfone groups is 1. The Balaban J connectivity index is 2.54. The third-order valence-corrected chi connectivity index (χ3v) is 5.34. The van der Waals surface area contributed by atoms with Gasteiger partial charge >= 0.3 is 5.97 Å². The minimum Gasteiger partial charge on any atom is -0.497 e. The third kappa shape index (κ3) is 6.25. The summed E-state index contributed by atoms with van der Waals surface area (Å²) in [5.74, 6) is -0.0124. The molecule has 0 heterocycles. The van der Waals surface area contributed by atoms with Gasteiger partial charge in [-0.3, -0.25) is 0 Å². The standard InChI is InChI=1S/C20H24ClNO7S/c1-4-28-20(24)19(17-6-5-13(21)9-18(17)29-8-7-23)22-14-10-15(27-2)12-16(11-14)30(3,25)26/h5-6,9-12,19,22-23H,4,7-8H2,1-3H3. The van der Waals surface area contributed by atoms with Gasteiger partial charge in [0.1, 0.15) is 18.1 Å². The zero-order valence-electron chi connectivity index (χ0n) is 16.8. The number of aliphatic hydroxyl groups excluding tert-OH is 1. The SMILES string of the molecule is CCOC(=O)C(Nc1cc(OC)cc(S(C)(=O)=O)c1)c1ccc(Cl)cc1OCCO. The van der Waals surface area contributed by atoms with Crippen LogP contribution in [0.15, 0.2) is 41.3 Å². The van der Waals surface area contributed by atoms with E-state index in [0.29, 0.717) is 22.0 Å². The Kier molecular flexibility index (Phi) is 8.33. The Morgan fingerprint density at radius 2 is 1.97 bits per heavy atom. The molecular weight excluding hydrogens is 434 g/mol. The molecular formula is C20H24ClNO7S. The number of hydrogen-bond donors (Lipinski definition) is 2. The van der Waals surface area contributed by atoms with Crippen molar-refractivity contribution in [2.75, 3.05) is 38.5 Å². The van der Waals surface area contributed by atoms with Crippen molar-refractivity contribution < 1.29 is 32.5 Å². The first-order valence-electron chi connectivity index (χ1n) is 9.05. The number of carbonyl (C=O) groups excluding carboxylic acids is 1. The van der Waals surface area contributed by atoms with E-state index in [1.807, 2.05) is 0 Å². The number of halogens is 1. The van der Waals surface area contributed by atoms with Crippen LogP contribution in [0.25, 0.3) is 0 Å². The minimum atomic E-state index is -3.52. The zero-order chi connectivity index (χ0) is 22.3. The Morgan fingerprint density at radius 3 is 2.57 bits per heavy atom. The predicted molar refractivity (Wildman–Crippen MR) is 113 cm³/mol. The van der Waals surface area contributed by atoms with Crippen LogP contribution in [0.1, 0.15) is 18.5 Å². The summed E-state index contributed by atoms with van der Waals surface area (Å²) in [6, 6.07) is 8.02. The number of carbonyl (C=O) groups is 1. The van der Waals surface area contributed by atoms with Gasteiger partial charge in [-0.25, -0.2) is 13.2 Å². The minimum absolute atomic E-state index is 0.000272. The molecule has 1 unspecified atom stereocenters. The highest BCUT2D eigenvalue weighted by Crippen LogP contribution is 2.33. The molecule has 164 valence electrons. The van der Waals surface area contributed by atoms with Crippen LogP contribution < -0.4 is 14.8 Å². The molecule has 0 aliphatic heterocycles. The zero-order valence-corrected chi connectivity index (χ0v) is 18.4. The summed E-state index contributed by atoms with van der Waals surface area (Å²) in [5.41, 5.74) is 0.742. The van der Waals surface area contributed by atoms with Crippen LogP contribution in [-0.4, -0.2) is 52.7 Å². The van der Waals surface area contributed by atoms with Gasteiger partial charge in [-0.15, -0.1) is 0 Å². The Labute approximate surface area is 180 Å². The van der Waals surface area contributed by atoms with Crippen LogP contribution >= 0.6 is 11.6 Å². The summed E-state index contributed by atoms with van der Waals surface area (Å²) in [5, 5.41) is 12.5. The summed E-state index contributed by atoms with van der Waals surface area (Å²) in [7, 11) is -2.11. The summed E-state index contributed by atoms with van der Waals surface area (Å²) in [6.07, 6.45) is 1.08. The average molecular weight is 458 g/mol. The monoisotopic (exact) mass is 457 g/mol. The molecule has 0 radical (unpaired) electrons. The lowest BCUT2D eigenvalue weighted by Gasteiger charge is -2.22. The van der Waals surface area contributed by atoms with Gasteiger partial charge in [0, 0.05) is 28.6 Å². The van der Waals surface area contributed by atoms with Gasteiger partial charge in [0.2, 0.25) is 0 Å². The number of anilines is 1. The fourth-order valence-corrected chi connectivity index (χ4v) is 3.50. The van der Waals surface area contributed by atoms with E-state index in [4.69, 9.17) is 30.9 Å². The lowest BCUT2D eigenvalue weighted by atomic mass is 10.0. The molecule has 8 nitrogen and oxygen atoms in total. The molecule has 0 aliphatic carbocycles. The van der Waals surface area contributed by atoms with E-state index >= 15 is 0 Å². The Hall–Kier alpha value is -2.49. The van der Waals surface area contributed by atoms with Crippen LogP contribution in [0, 0.1) is 0 Å². The quantitative estimate of drug-likeness (QED) is 0.524. The van der Waals surface area contributed by atoms with E-state index in [9.17, 15) is 13.2 Å². The number of methoxy groups -OCH3 is 1. The van der Waals surface area contributed by atoms with E-state index < -0.39 is 21.8 Å². The molecule has 2 rings (SSSR count). The molecule has 2 aromatic carbocycles. The summed E-state index contributed by atoms with van der Waals surface area (Å²) in [6.45, 7) is 1.59. The molecule has 30 heavy (non-hydrogen) atoms. The summed E-state index contributed by atoms with van der Waals surface area (Å²) in [4.78, 5) is 12.8. The smallest absolute Gasteiger partial charge is 0.333 e. The number of rotatable bonds is 10. The average Bonchev–Trinajstić information content (AvgIpc) is 2.70. The van der Waals surface area contributed by atoms with E-state index in [2.05, 4.69) is 5.32 Å². The van der Waals surface area contributed by atoms with Crippen molar-refractivity contribution in [3.8, 4) is 11.5 Å². The van der Waals surface area contributed by atoms with E-state index in [1.165, 1.54) is 25.3 Å². The number of ether oxygens (including phenoxy) is 3. The Bertz CT molecular complexity index is 995. The number of esters is 1. The maximum Gasteiger partial charge on any atom is 0.333 e. The highest BCUT2D eigenvalue weighted by molar-refractivity contribution is 7.90. The predicted octanol–water partition coefficient (Wildman–Crippen LogP) is 2.84. The van der Waals surface area contributed by atoms with Crippen molar-refractivity contribution in [2.45, 2.75) is 17.9 Å². The van der Waals surface area contributed by atoms with Gasteiger partial charge in [-0.2, -0.15) is 0 Å². The van der Waals surface area contributed by atoms with Crippen molar-refractivity contribution >= 4 is 33.1 Å². The third-order valence-electron chi connectivity index (χ3n) is 4.01. The molecule has 0 saturated carbocycles. The molecule has 0 saturated heterocycles. The fourth-order valence-electron chi connectivity index (χ4n) is 2.67. The van der Waals surface area contributed by atoms with Gasteiger partial charge in [0.25, 0.3) is 0 Å². The number of benzene rings is 2. The normalized spacial score (nSPS) is 12.2. The van der Waals surface area contributed by atoms with Crippen molar-refractivity contribution in [3.05, 3.63) is 47.0 Å². The Morgan fingerprint density at radius 1 is 1.23 bits per heavy atom. The van der Waals surface area contributed by atoms with E-state index in [0.717, 1.165) is 6.26 Å². The molecule has 0 aliphatic rings. The topological polar surface area (TPSA) is 111 Å². The number of nitrogens with one attached hydrogen (secondary N) is 1. The van der Waals surface area contributed by atoms with Crippen molar-refractivity contribution in [1.82, 2.24) is 0 Å². The second-order valence-electron chi connectivity index (χ2n) is 6.25. The van der Waals surface area contributed by atoms with Gasteiger partial charge in [0.05, 0.1) is 25.2 Å². The van der Waals surface area contributed by atoms with Crippen LogP contribution in [-0.2, 0) is 19.4 Å². The molecule has 2 N–H and O–H groups in total. The first-order valence-corrected chi connectivity index (χ1v) is 11.3. The van der Waals surface area contributed by atoms with Crippen molar-refractivity contribution in [1.29, 1.82) is 0 Å². The second-order valence-corrected chi connectivity index (χ2v) is 8.71. The van der Waals surface area contributed by atoms with Gasteiger partial charge in [-0.05, 0) is 31.2 Å². The number of hydrogen-bond acceptors (Lipinski definition) is 8.